The minimum atomic E-state index is -0.226. The number of aromatic nitrogens is 2. The van der Waals surface area contributed by atoms with Crippen molar-refractivity contribution in [3.05, 3.63) is 17.6 Å². The van der Waals surface area contributed by atoms with Crippen molar-refractivity contribution in [1.82, 2.24) is 9.97 Å². The Morgan fingerprint density at radius 2 is 2.23 bits per heavy atom. The highest BCUT2D eigenvalue weighted by Crippen LogP contribution is 2.16. The fourth-order valence-electron chi connectivity index (χ4n) is 0.955. The van der Waals surface area contributed by atoms with Crippen molar-refractivity contribution in [2.45, 2.75) is 19.8 Å². The number of aryl methyl sites for hydroxylation is 1. The van der Waals surface area contributed by atoms with Crippen molar-refractivity contribution in [2.24, 2.45) is 0 Å². The fraction of sp³-hybridized carbons (Fsp3) is 0.444. The van der Waals surface area contributed by atoms with Crippen LogP contribution in [0.3, 0.4) is 0 Å². The molecule has 1 aromatic heterocycles. The van der Waals surface area contributed by atoms with E-state index < -0.39 is 0 Å². The Balaban J connectivity index is 3.10. The molecule has 1 atom stereocenters. The summed E-state index contributed by atoms with van der Waals surface area (Å²) >= 11 is 0. The maximum atomic E-state index is 8.69. The van der Waals surface area contributed by atoms with E-state index in [0.29, 0.717) is 17.4 Å². The standard InChI is InChI=1S/C9H11N3O/c1-6(5-10)8-4-9(13-3)12-7(2)11-8/h4,6H,1-3H3. The summed E-state index contributed by atoms with van der Waals surface area (Å²) in [4.78, 5) is 8.17. The molecule has 0 saturated carbocycles. The first-order valence-electron chi connectivity index (χ1n) is 3.96. The number of ether oxygens (including phenoxy) is 1. The largest absolute Gasteiger partial charge is 0.481 e. The number of nitriles is 1. The smallest absolute Gasteiger partial charge is 0.216 e. The zero-order valence-corrected chi connectivity index (χ0v) is 7.90. The lowest BCUT2D eigenvalue weighted by Crippen LogP contribution is -2.00. The molecule has 4 nitrogen and oxygen atoms in total. The van der Waals surface area contributed by atoms with Crippen LogP contribution < -0.4 is 4.74 Å². The van der Waals surface area contributed by atoms with Gasteiger partial charge < -0.3 is 4.74 Å². The van der Waals surface area contributed by atoms with Crippen LogP contribution >= 0.6 is 0 Å². The zero-order chi connectivity index (χ0) is 9.84. The third-order valence-corrected chi connectivity index (χ3v) is 1.68. The lowest BCUT2D eigenvalue weighted by atomic mass is 10.1. The molecule has 1 aromatic rings. The van der Waals surface area contributed by atoms with E-state index >= 15 is 0 Å². The molecule has 4 heteroatoms. The second-order valence-electron chi connectivity index (χ2n) is 2.73. The van der Waals surface area contributed by atoms with Gasteiger partial charge in [-0.3, -0.25) is 0 Å². The second kappa shape index (κ2) is 3.85. The van der Waals surface area contributed by atoms with Gasteiger partial charge in [-0.25, -0.2) is 4.98 Å². The fourth-order valence-corrected chi connectivity index (χ4v) is 0.955. The van der Waals surface area contributed by atoms with Crippen molar-refractivity contribution in [3.8, 4) is 11.9 Å². The molecule has 0 amide bonds. The quantitative estimate of drug-likeness (QED) is 0.685. The minimum absolute atomic E-state index is 0.226. The lowest BCUT2D eigenvalue weighted by molar-refractivity contribution is 0.394. The van der Waals surface area contributed by atoms with Crippen LogP contribution in [-0.4, -0.2) is 17.1 Å². The average molecular weight is 177 g/mol. The average Bonchev–Trinajstić information content (AvgIpc) is 2.15. The molecule has 0 radical (unpaired) electrons. The molecule has 1 rings (SSSR count). The number of methoxy groups -OCH3 is 1. The lowest BCUT2D eigenvalue weighted by Gasteiger charge is -2.05. The number of nitrogens with zero attached hydrogens (tertiary/aromatic N) is 3. The SMILES string of the molecule is COc1cc(C(C)C#N)nc(C)n1. The molecule has 0 aliphatic carbocycles. The Hall–Kier alpha value is -1.63. The van der Waals surface area contributed by atoms with E-state index in [-0.39, 0.29) is 5.92 Å². The minimum Gasteiger partial charge on any atom is -0.481 e. The molecule has 13 heavy (non-hydrogen) atoms. The predicted octanol–water partition coefficient (Wildman–Crippen LogP) is 1.42. The Morgan fingerprint density at radius 1 is 1.54 bits per heavy atom. The van der Waals surface area contributed by atoms with Crippen molar-refractivity contribution in [1.29, 1.82) is 5.26 Å². The normalized spacial score (nSPS) is 11.8. The van der Waals surface area contributed by atoms with Crippen LogP contribution in [0.4, 0.5) is 0 Å². The summed E-state index contributed by atoms with van der Waals surface area (Å²) in [6.07, 6.45) is 0. The first-order valence-corrected chi connectivity index (χ1v) is 3.96. The van der Waals surface area contributed by atoms with Crippen LogP contribution in [-0.2, 0) is 0 Å². The zero-order valence-electron chi connectivity index (χ0n) is 7.90. The van der Waals surface area contributed by atoms with Crippen LogP contribution in [0.15, 0.2) is 6.07 Å². The Morgan fingerprint density at radius 3 is 2.77 bits per heavy atom. The summed E-state index contributed by atoms with van der Waals surface area (Å²) in [5.41, 5.74) is 0.701. The van der Waals surface area contributed by atoms with Crippen LogP contribution in [0.5, 0.6) is 5.88 Å². The molecular formula is C9H11N3O. The van der Waals surface area contributed by atoms with Gasteiger partial charge in [-0.2, -0.15) is 10.2 Å². The molecule has 0 saturated heterocycles. The van der Waals surface area contributed by atoms with E-state index in [1.807, 2.05) is 0 Å². The van der Waals surface area contributed by atoms with Gasteiger partial charge >= 0.3 is 0 Å². The Kier molecular flexibility index (Phi) is 2.80. The van der Waals surface area contributed by atoms with Crippen molar-refractivity contribution < 1.29 is 4.74 Å². The van der Waals surface area contributed by atoms with E-state index in [0.717, 1.165) is 0 Å². The summed E-state index contributed by atoms with van der Waals surface area (Å²) in [6, 6.07) is 3.80. The van der Waals surface area contributed by atoms with Crippen molar-refractivity contribution >= 4 is 0 Å². The summed E-state index contributed by atoms with van der Waals surface area (Å²) in [5.74, 6) is 0.900. The monoisotopic (exact) mass is 177 g/mol. The van der Waals surface area contributed by atoms with Gasteiger partial charge in [0.05, 0.1) is 24.8 Å². The molecule has 1 unspecified atom stereocenters. The van der Waals surface area contributed by atoms with Gasteiger partial charge in [0.2, 0.25) is 5.88 Å². The molecule has 0 aliphatic heterocycles. The van der Waals surface area contributed by atoms with Gasteiger partial charge in [0.15, 0.2) is 0 Å². The Bertz CT molecular complexity index is 343. The maximum absolute atomic E-state index is 8.69. The van der Waals surface area contributed by atoms with Gasteiger partial charge in [0, 0.05) is 6.07 Å². The molecule has 0 fully saturated rings. The maximum Gasteiger partial charge on any atom is 0.216 e. The van der Waals surface area contributed by atoms with E-state index in [2.05, 4.69) is 16.0 Å². The van der Waals surface area contributed by atoms with Gasteiger partial charge in [0.25, 0.3) is 0 Å². The molecule has 1 heterocycles. The van der Waals surface area contributed by atoms with Crippen LogP contribution in [0, 0.1) is 18.3 Å². The summed E-state index contributed by atoms with van der Waals surface area (Å²) in [7, 11) is 1.54. The molecular weight excluding hydrogens is 166 g/mol. The highest BCUT2D eigenvalue weighted by molar-refractivity contribution is 5.22. The number of hydrogen-bond donors (Lipinski definition) is 0. The summed E-state index contributed by atoms with van der Waals surface area (Å²) in [6.45, 7) is 3.57. The molecule has 0 spiro atoms. The Labute approximate surface area is 77.2 Å². The van der Waals surface area contributed by atoms with Gasteiger partial charge in [-0.15, -0.1) is 0 Å². The topological polar surface area (TPSA) is 58.8 Å². The summed E-state index contributed by atoms with van der Waals surface area (Å²) < 4.78 is 4.97. The van der Waals surface area contributed by atoms with Gasteiger partial charge in [-0.1, -0.05) is 0 Å². The van der Waals surface area contributed by atoms with Crippen molar-refractivity contribution in [3.63, 3.8) is 0 Å². The van der Waals surface area contributed by atoms with Crippen LogP contribution in [0.1, 0.15) is 24.4 Å². The molecule has 68 valence electrons. The highest BCUT2D eigenvalue weighted by atomic mass is 16.5. The van der Waals surface area contributed by atoms with E-state index in [9.17, 15) is 0 Å². The first-order chi connectivity index (χ1) is 6.17. The van der Waals surface area contributed by atoms with Crippen LogP contribution in [0.25, 0.3) is 0 Å². The van der Waals surface area contributed by atoms with Gasteiger partial charge in [-0.05, 0) is 13.8 Å². The number of rotatable bonds is 2. The number of hydrogen-bond acceptors (Lipinski definition) is 4. The molecule has 0 aromatic carbocycles. The van der Waals surface area contributed by atoms with E-state index in [1.54, 1.807) is 27.0 Å². The van der Waals surface area contributed by atoms with Crippen molar-refractivity contribution in [2.75, 3.05) is 7.11 Å². The predicted molar refractivity (Wildman–Crippen MR) is 47.3 cm³/mol. The van der Waals surface area contributed by atoms with E-state index in [4.69, 9.17) is 10.00 Å². The molecule has 0 N–H and O–H groups in total. The second-order valence-corrected chi connectivity index (χ2v) is 2.73. The van der Waals surface area contributed by atoms with Crippen LogP contribution in [0.2, 0.25) is 0 Å². The third-order valence-electron chi connectivity index (χ3n) is 1.68. The molecule has 0 bridgehead atoms. The highest BCUT2D eigenvalue weighted by Gasteiger charge is 2.08. The summed E-state index contributed by atoms with van der Waals surface area (Å²) in [5, 5.41) is 8.69. The molecule has 0 aliphatic rings. The van der Waals surface area contributed by atoms with E-state index in [1.165, 1.54) is 0 Å². The first kappa shape index (κ1) is 9.46. The van der Waals surface area contributed by atoms with Gasteiger partial charge in [0.1, 0.15) is 5.82 Å². The third kappa shape index (κ3) is 2.15.